The maximum atomic E-state index is 12.9. The number of carbonyl (C=O) groups excluding carboxylic acids is 2. The fraction of sp³-hybridized carbons (Fsp3) is 0.273. The number of hydrogen-bond donors (Lipinski definition) is 2. The van der Waals surface area contributed by atoms with Crippen molar-refractivity contribution in [2.45, 2.75) is 26.2 Å². The van der Waals surface area contributed by atoms with Crippen LogP contribution >= 0.6 is 0 Å². The van der Waals surface area contributed by atoms with Gasteiger partial charge in [-0.15, -0.1) is 0 Å². The van der Waals surface area contributed by atoms with Crippen LogP contribution in [0, 0.1) is 0 Å². The van der Waals surface area contributed by atoms with Gasteiger partial charge in [-0.1, -0.05) is 44.1 Å². The van der Waals surface area contributed by atoms with Gasteiger partial charge in [-0.3, -0.25) is 9.59 Å². The van der Waals surface area contributed by atoms with E-state index >= 15 is 0 Å². The quantitative estimate of drug-likeness (QED) is 0.647. The molecule has 0 aliphatic rings. The van der Waals surface area contributed by atoms with Crippen molar-refractivity contribution in [1.29, 1.82) is 0 Å². The molecule has 3 aromatic rings. The minimum Gasteiger partial charge on any atom is -0.484 e. The molecule has 2 aromatic carbocycles. The molecule has 1 heterocycles. The van der Waals surface area contributed by atoms with Gasteiger partial charge in [0.2, 0.25) is 0 Å². The van der Waals surface area contributed by atoms with Gasteiger partial charge < -0.3 is 19.9 Å². The molecule has 0 saturated heterocycles. The van der Waals surface area contributed by atoms with Gasteiger partial charge >= 0.3 is 0 Å². The molecule has 30 heavy (non-hydrogen) atoms. The Balaban J connectivity index is 1.80. The zero-order chi connectivity index (χ0) is 21.7. The van der Waals surface area contributed by atoms with E-state index in [-0.39, 0.29) is 29.7 Å². The number of carbonyl (C=O) groups is 2. The molecule has 1 aromatic heterocycles. The summed E-state index contributed by atoms with van der Waals surface area (Å²) in [6, 6.07) is 13.8. The van der Waals surface area contributed by atoms with Crippen LogP contribution < -0.4 is 15.4 Å². The van der Waals surface area contributed by atoms with Crippen LogP contribution in [0.2, 0.25) is 0 Å². The van der Waals surface area contributed by atoms with E-state index in [0.29, 0.717) is 28.4 Å². The number of likely N-dealkylation sites (N-methyl/N-ethyl adjacent to an activating group) is 1. The molecule has 0 atom stereocenters. The van der Waals surface area contributed by atoms with E-state index in [0.717, 1.165) is 0 Å². The van der Waals surface area contributed by atoms with Crippen molar-refractivity contribution < 1.29 is 18.8 Å². The second kappa shape index (κ2) is 8.77. The molecule has 0 unspecified atom stereocenters. The highest BCUT2D eigenvalue weighted by Crippen LogP contribution is 2.27. The summed E-state index contributed by atoms with van der Waals surface area (Å²) < 4.78 is 10.8. The molecular weight excluding hydrogens is 384 g/mol. The molecule has 0 fully saturated rings. The lowest BCUT2D eigenvalue weighted by Crippen LogP contribution is -2.24. The SMILES string of the molecule is CNC(=O)COc1cccc(NC(=O)c2ccccc2-c2nc(C(C)(C)C)no2)c1. The van der Waals surface area contributed by atoms with Gasteiger partial charge in [0.1, 0.15) is 5.75 Å². The highest BCUT2D eigenvalue weighted by Gasteiger charge is 2.23. The summed E-state index contributed by atoms with van der Waals surface area (Å²) in [5.41, 5.74) is 1.21. The largest absolute Gasteiger partial charge is 0.484 e. The lowest BCUT2D eigenvalue weighted by atomic mass is 9.96. The number of hydrogen-bond acceptors (Lipinski definition) is 6. The lowest BCUT2D eigenvalue weighted by Gasteiger charge is -2.11. The smallest absolute Gasteiger partial charge is 0.258 e. The minimum atomic E-state index is -0.329. The average molecular weight is 408 g/mol. The standard InChI is InChI=1S/C22H24N4O4/c1-22(2,3)21-25-20(30-26-21)17-11-6-5-10-16(17)19(28)24-14-8-7-9-15(12-14)29-13-18(27)23-4/h5-12H,13H2,1-4H3,(H,23,27)(H,24,28). The van der Waals surface area contributed by atoms with Gasteiger partial charge in [-0.05, 0) is 24.3 Å². The fourth-order valence-electron chi connectivity index (χ4n) is 2.59. The summed E-state index contributed by atoms with van der Waals surface area (Å²) in [6.45, 7) is 5.85. The number of benzene rings is 2. The molecule has 3 rings (SSSR count). The highest BCUT2D eigenvalue weighted by molar-refractivity contribution is 6.08. The van der Waals surface area contributed by atoms with Gasteiger partial charge in [0.15, 0.2) is 12.4 Å². The summed E-state index contributed by atoms with van der Waals surface area (Å²) in [5.74, 6) is 0.746. The van der Waals surface area contributed by atoms with Gasteiger partial charge in [0.05, 0.1) is 11.1 Å². The molecule has 0 saturated carbocycles. The Kier molecular flexibility index (Phi) is 6.15. The molecule has 0 aliphatic carbocycles. The number of nitrogens with zero attached hydrogens (tertiary/aromatic N) is 2. The Hall–Kier alpha value is -3.68. The van der Waals surface area contributed by atoms with Crippen molar-refractivity contribution >= 4 is 17.5 Å². The molecule has 0 spiro atoms. The van der Waals surface area contributed by atoms with Crippen LogP contribution in [0.1, 0.15) is 37.0 Å². The molecule has 8 nitrogen and oxygen atoms in total. The Labute approximate surface area is 174 Å². The van der Waals surface area contributed by atoms with Crippen molar-refractivity contribution in [3.63, 3.8) is 0 Å². The van der Waals surface area contributed by atoms with E-state index in [1.807, 2.05) is 20.8 Å². The Morgan fingerprint density at radius 3 is 2.57 bits per heavy atom. The van der Waals surface area contributed by atoms with Gasteiger partial charge in [-0.25, -0.2) is 0 Å². The van der Waals surface area contributed by atoms with E-state index in [1.165, 1.54) is 7.05 Å². The van der Waals surface area contributed by atoms with Gasteiger partial charge in [0.25, 0.3) is 17.7 Å². The van der Waals surface area contributed by atoms with Crippen LogP contribution in [-0.4, -0.2) is 35.6 Å². The number of rotatable bonds is 6. The summed E-state index contributed by atoms with van der Waals surface area (Å²) in [7, 11) is 1.54. The summed E-state index contributed by atoms with van der Waals surface area (Å²) in [4.78, 5) is 28.7. The predicted molar refractivity (Wildman–Crippen MR) is 112 cm³/mol. The number of nitrogens with one attached hydrogen (secondary N) is 2. The predicted octanol–water partition coefficient (Wildman–Crippen LogP) is 3.41. The fourth-order valence-corrected chi connectivity index (χ4v) is 2.59. The second-order valence-electron chi connectivity index (χ2n) is 7.66. The molecule has 0 aliphatic heterocycles. The minimum absolute atomic E-state index is 0.107. The third-order valence-electron chi connectivity index (χ3n) is 4.24. The third kappa shape index (κ3) is 5.02. The maximum absolute atomic E-state index is 12.9. The van der Waals surface area contributed by atoms with Crippen molar-refractivity contribution in [2.75, 3.05) is 19.0 Å². The van der Waals surface area contributed by atoms with Gasteiger partial charge in [0, 0.05) is 24.2 Å². The Morgan fingerprint density at radius 1 is 1.10 bits per heavy atom. The first kappa shape index (κ1) is 21.0. The molecule has 8 heteroatoms. The Bertz CT molecular complexity index is 1050. The monoisotopic (exact) mass is 408 g/mol. The van der Waals surface area contributed by atoms with E-state index in [9.17, 15) is 9.59 Å². The van der Waals surface area contributed by atoms with Crippen LogP contribution in [0.3, 0.4) is 0 Å². The maximum Gasteiger partial charge on any atom is 0.258 e. The first-order chi connectivity index (χ1) is 14.3. The lowest BCUT2D eigenvalue weighted by molar-refractivity contribution is -0.122. The van der Waals surface area contributed by atoms with Crippen LogP contribution in [0.25, 0.3) is 11.5 Å². The zero-order valence-corrected chi connectivity index (χ0v) is 17.4. The van der Waals surface area contributed by atoms with Crippen molar-refractivity contribution in [2.24, 2.45) is 0 Å². The first-order valence-corrected chi connectivity index (χ1v) is 9.46. The number of ether oxygens (including phenoxy) is 1. The van der Waals surface area contributed by atoms with Crippen LogP contribution in [-0.2, 0) is 10.2 Å². The van der Waals surface area contributed by atoms with Crippen molar-refractivity contribution in [3.05, 3.63) is 59.9 Å². The van der Waals surface area contributed by atoms with E-state index in [1.54, 1.807) is 48.5 Å². The molecule has 0 radical (unpaired) electrons. The summed E-state index contributed by atoms with van der Waals surface area (Å²) >= 11 is 0. The molecular formula is C22H24N4O4. The first-order valence-electron chi connectivity index (χ1n) is 9.46. The van der Waals surface area contributed by atoms with E-state index in [4.69, 9.17) is 9.26 Å². The zero-order valence-electron chi connectivity index (χ0n) is 17.4. The third-order valence-corrected chi connectivity index (χ3v) is 4.24. The Morgan fingerprint density at radius 2 is 1.87 bits per heavy atom. The van der Waals surface area contributed by atoms with Crippen molar-refractivity contribution in [3.8, 4) is 17.2 Å². The topological polar surface area (TPSA) is 106 Å². The van der Waals surface area contributed by atoms with E-state index in [2.05, 4.69) is 20.8 Å². The van der Waals surface area contributed by atoms with Crippen molar-refractivity contribution in [1.82, 2.24) is 15.5 Å². The average Bonchev–Trinajstić information content (AvgIpc) is 3.23. The molecule has 156 valence electrons. The number of anilines is 1. The molecule has 2 amide bonds. The molecule has 2 N–H and O–H groups in total. The normalized spacial score (nSPS) is 11.1. The van der Waals surface area contributed by atoms with Crippen LogP contribution in [0.4, 0.5) is 5.69 Å². The number of aromatic nitrogens is 2. The molecule has 0 bridgehead atoms. The summed E-state index contributed by atoms with van der Waals surface area (Å²) in [5, 5.41) is 9.36. The highest BCUT2D eigenvalue weighted by atomic mass is 16.5. The second-order valence-corrected chi connectivity index (χ2v) is 7.66. The summed E-state index contributed by atoms with van der Waals surface area (Å²) in [6.07, 6.45) is 0. The van der Waals surface area contributed by atoms with Gasteiger partial charge in [-0.2, -0.15) is 4.98 Å². The van der Waals surface area contributed by atoms with Crippen LogP contribution in [0.5, 0.6) is 5.75 Å². The number of amides is 2. The van der Waals surface area contributed by atoms with E-state index < -0.39 is 0 Å². The van der Waals surface area contributed by atoms with Crippen LogP contribution in [0.15, 0.2) is 53.1 Å².